The summed E-state index contributed by atoms with van der Waals surface area (Å²) in [6.45, 7) is 6.31. The van der Waals surface area contributed by atoms with Crippen LogP contribution in [-0.2, 0) is 11.2 Å². The lowest BCUT2D eigenvalue weighted by Crippen LogP contribution is -2.50. The fourth-order valence-corrected chi connectivity index (χ4v) is 4.57. The van der Waals surface area contributed by atoms with Gasteiger partial charge in [-0.15, -0.1) is 11.6 Å². The average Bonchev–Trinajstić information content (AvgIpc) is 3.20. The normalized spacial score (nSPS) is 15.0. The lowest BCUT2D eigenvalue weighted by molar-refractivity contribution is -0.130. The Morgan fingerprint density at radius 3 is 2.26 bits per heavy atom. The highest BCUT2D eigenvalue weighted by Gasteiger charge is 2.27. The topological polar surface area (TPSA) is 67.2 Å². The number of alkyl halides is 1. The molecule has 2 aromatic carbocycles. The third-order valence-corrected chi connectivity index (χ3v) is 6.35. The van der Waals surface area contributed by atoms with Gasteiger partial charge in [0.1, 0.15) is 17.0 Å². The molecule has 0 saturated carbocycles. The van der Waals surface area contributed by atoms with Gasteiger partial charge in [-0.3, -0.25) is 4.79 Å². The van der Waals surface area contributed by atoms with Crippen LogP contribution in [-0.4, -0.2) is 62.1 Å². The van der Waals surface area contributed by atoms with Gasteiger partial charge in [0.05, 0.1) is 16.8 Å². The van der Waals surface area contributed by atoms with Crippen molar-refractivity contribution in [3.8, 4) is 5.69 Å². The summed E-state index contributed by atoms with van der Waals surface area (Å²) in [5.41, 5.74) is 3.80. The van der Waals surface area contributed by atoms with E-state index in [4.69, 9.17) is 26.7 Å². The van der Waals surface area contributed by atoms with Crippen LogP contribution < -0.4 is 4.90 Å². The predicted molar refractivity (Wildman–Crippen MR) is 135 cm³/mol. The lowest BCUT2D eigenvalue weighted by Gasteiger charge is -2.36. The van der Waals surface area contributed by atoms with Gasteiger partial charge < -0.3 is 9.80 Å². The van der Waals surface area contributed by atoms with Crippen molar-refractivity contribution in [2.24, 2.45) is 0 Å². The molecule has 1 atom stereocenters. The Morgan fingerprint density at radius 1 is 0.971 bits per heavy atom. The van der Waals surface area contributed by atoms with Crippen molar-refractivity contribution in [3.63, 3.8) is 0 Å². The molecule has 4 aromatic rings. The highest BCUT2D eigenvalue weighted by Crippen LogP contribution is 2.30. The molecule has 0 aliphatic carbocycles. The van der Waals surface area contributed by atoms with E-state index in [1.165, 1.54) is 0 Å². The van der Waals surface area contributed by atoms with E-state index in [-0.39, 0.29) is 5.91 Å². The maximum absolute atomic E-state index is 12.4. The molecule has 1 aliphatic heterocycles. The minimum absolute atomic E-state index is 0.0213. The van der Waals surface area contributed by atoms with Crippen molar-refractivity contribution in [2.45, 2.75) is 25.6 Å². The van der Waals surface area contributed by atoms with Crippen LogP contribution in [0.2, 0.25) is 0 Å². The van der Waals surface area contributed by atoms with Crippen molar-refractivity contribution in [1.82, 2.24) is 24.6 Å². The lowest BCUT2D eigenvalue weighted by atomic mass is 10.1. The van der Waals surface area contributed by atoms with E-state index in [1.807, 2.05) is 65.0 Å². The Kier molecular flexibility index (Phi) is 6.20. The van der Waals surface area contributed by atoms with Gasteiger partial charge in [-0.1, -0.05) is 48.5 Å². The number of fused-ring (bicyclic) bond motifs is 1. The molecular formula is C26H27ClN6O. The summed E-state index contributed by atoms with van der Waals surface area (Å²) in [7, 11) is 0. The molecule has 7 nitrogen and oxygen atoms in total. The zero-order chi connectivity index (χ0) is 23.7. The molecule has 1 saturated heterocycles. The average molecular weight is 475 g/mol. The minimum atomic E-state index is -0.513. The smallest absolute Gasteiger partial charge is 0.240 e. The Morgan fingerprint density at radius 2 is 1.62 bits per heavy atom. The second-order valence-electron chi connectivity index (χ2n) is 8.59. The van der Waals surface area contributed by atoms with Crippen molar-refractivity contribution in [2.75, 3.05) is 31.1 Å². The van der Waals surface area contributed by atoms with E-state index in [0.29, 0.717) is 32.6 Å². The fraction of sp³-hybridized carbons (Fsp3) is 0.308. The number of para-hydroxylation sites is 1. The third-order valence-electron chi connectivity index (χ3n) is 6.17. The largest absolute Gasteiger partial charge is 0.352 e. The van der Waals surface area contributed by atoms with Gasteiger partial charge in [0.25, 0.3) is 0 Å². The maximum Gasteiger partial charge on any atom is 0.240 e. The van der Waals surface area contributed by atoms with Crippen molar-refractivity contribution in [1.29, 1.82) is 0 Å². The molecule has 0 bridgehead atoms. The van der Waals surface area contributed by atoms with E-state index in [9.17, 15) is 4.79 Å². The minimum Gasteiger partial charge on any atom is -0.352 e. The van der Waals surface area contributed by atoms with Crippen LogP contribution in [0.25, 0.3) is 16.7 Å². The van der Waals surface area contributed by atoms with Gasteiger partial charge >= 0.3 is 0 Å². The van der Waals surface area contributed by atoms with Gasteiger partial charge in [-0.2, -0.15) is 5.10 Å². The summed E-state index contributed by atoms with van der Waals surface area (Å²) in [4.78, 5) is 26.4. The van der Waals surface area contributed by atoms with Crippen LogP contribution in [0.5, 0.6) is 0 Å². The summed E-state index contributed by atoms with van der Waals surface area (Å²) in [6, 6.07) is 20.3. The van der Waals surface area contributed by atoms with Gasteiger partial charge in [-0.05, 0) is 31.5 Å². The first kappa shape index (κ1) is 22.3. The molecule has 0 spiro atoms. The molecule has 1 aliphatic rings. The second kappa shape index (κ2) is 9.43. The first-order valence-electron chi connectivity index (χ1n) is 11.5. The van der Waals surface area contributed by atoms with Gasteiger partial charge in [0.15, 0.2) is 5.65 Å². The van der Waals surface area contributed by atoms with Crippen molar-refractivity contribution < 1.29 is 4.79 Å². The van der Waals surface area contributed by atoms with Crippen LogP contribution >= 0.6 is 11.6 Å². The molecule has 3 heterocycles. The van der Waals surface area contributed by atoms with Crippen molar-refractivity contribution >= 4 is 34.4 Å². The maximum atomic E-state index is 12.4. The van der Waals surface area contributed by atoms with E-state index < -0.39 is 5.38 Å². The van der Waals surface area contributed by atoms with E-state index in [2.05, 4.69) is 17.0 Å². The highest BCUT2D eigenvalue weighted by atomic mass is 35.5. The number of amides is 1. The second-order valence-corrected chi connectivity index (χ2v) is 9.24. The molecule has 1 amide bonds. The number of hydrogen-bond donors (Lipinski definition) is 0. The molecule has 0 N–H and O–H groups in total. The van der Waals surface area contributed by atoms with Crippen LogP contribution in [0.3, 0.4) is 0 Å². The number of anilines is 1. The Labute approximate surface area is 204 Å². The summed E-state index contributed by atoms with van der Waals surface area (Å²) >= 11 is 6.04. The van der Waals surface area contributed by atoms with E-state index in [1.54, 1.807) is 6.92 Å². The number of carbonyl (C=O) groups is 1. The molecule has 174 valence electrons. The molecule has 2 aromatic heterocycles. The molecule has 1 fully saturated rings. The zero-order valence-corrected chi connectivity index (χ0v) is 20.1. The van der Waals surface area contributed by atoms with Crippen LogP contribution in [0.15, 0.2) is 60.7 Å². The number of carbonyl (C=O) groups excluding carboxylic acids is 1. The van der Waals surface area contributed by atoms with Crippen molar-refractivity contribution in [3.05, 3.63) is 77.7 Å². The highest BCUT2D eigenvalue weighted by molar-refractivity contribution is 6.30. The number of benzene rings is 2. The predicted octanol–water partition coefficient (Wildman–Crippen LogP) is 3.99. The number of hydrogen-bond acceptors (Lipinski definition) is 5. The number of nitrogens with zero attached hydrogens (tertiary/aromatic N) is 6. The molecule has 34 heavy (non-hydrogen) atoms. The first-order valence-corrected chi connectivity index (χ1v) is 12.0. The zero-order valence-electron chi connectivity index (χ0n) is 19.4. The molecule has 0 radical (unpaired) electrons. The van der Waals surface area contributed by atoms with Gasteiger partial charge in [0, 0.05) is 32.6 Å². The first-order chi connectivity index (χ1) is 16.5. The number of halogens is 1. The van der Waals surface area contributed by atoms with Crippen LogP contribution in [0, 0.1) is 6.92 Å². The summed E-state index contributed by atoms with van der Waals surface area (Å²) in [5.74, 6) is 1.60. The third kappa shape index (κ3) is 4.35. The monoisotopic (exact) mass is 474 g/mol. The quantitative estimate of drug-likeness (QED) is 0.409. The Bertz CT molecular complexity index is 1300. The Balaban J connectivity index is 1.57. The van der Waals surface area contributed by atoms with Crippen LogP contribution in [0.1, 0.15) is 24.0 Å². The standard InChI is InChI=1S/C26H27ClN6O/c1-18(27)26(34)32-15-13-31(14-16-32)24-23-19(2)30-33(21-11-7-4-8-12-21)25(23)29-22(28-24)17-20-9-5-3-6-10-20/h3-12,18H,13-17H2,1-2H3/t18-/m0/s1. The molecule has 0 unspecified atom stereocenters. The SMILES string of the molecule is Cc1nn(-c2ccccc2)c2nc(Cc3ccccc3)nc(N3CCN(C(=O)[C@H](C)Cl)CC3)c12. The fourth-order valence-electron chi connectivity index (χ4n) is 4.43. The van der Waals surface area contributed by atoms with Gasteiger partial charge in [0.2, 0.25) is 5.91 Å². The summed E-state index contributed by atoms with van der Waals surface area (Å²) in [5, 5.41) is 5.27. The number of piperazine rings is 1. The number of aryl methyl sites for hydroxylation is 1. The van der Waals surface area contributed by atoms with Crippen LogP contribution in [0.4, 0.5) is 5.82 Å². The molecular weight excluding hydrogens is 448 g/mol. The number of rotatable bonds is 5. The Hall–Kier alpha value is -3.45. The molecule has 5 rings (SSSR count). The molecule has 8 heteroatoms. The number of aromatic nitrogens is 4. The van der Waals surface area contributed by atoms with Gasteiger partial charge in [-0.25, -0.2) is 14.6 Å². The van der Waals surface area contributed by atoms with E-state index >= 15 is 0 Å². The van der Waals surface area contributed by atoms with E-state index in [0.717, 1.165) is 39.6 Å². The summed E-state index contributed by atoms with van der Waals surface area (Å²) in [6.07, 6.45) is 0.630. The summed E-state index contributed by atoms with van der Waals surface area (Å²) < 4.78 is 1.90.